The monoisotopic (exact) mass is 304 g/mol. The summed E-state index contributed by atoms with van der Waals surface area (Å²) < 4.78 is 6.29. The summed E-state index contributed by atoms with van der Waals surface area (Å²) in [7, 11) is 0. The zero-order valence-electron chi connectivity index (χ0n) is 9.30. The van der Waals surface area contributed by atoms with Gasteiger partial charge in [0.25, 0.3) is 0 Å². The maximum atomic E-state index is 8.75. The zero-order valence-corrected chi connectivity index (χ0v) is 10.9. The predicted molar refractivity (Wildman–Crippen MR) is 70.0 cm³/mol. The summed E-state index contributed by atoms with van der Waals surface area (Å²) in [4.78, 5) is 8.01. The average molecular weight is 305 g/mol. The lowest BCUT2D eigenvalue weighted by Gasteiger charge is -2.08. The van der Waals surface area contributed by atoms with Crippen LogP contribution in [0.5, 0.6) is 11.8 Å². The van der Waals surface area contributed by atoms with Crippen molar-refractivity contribution in [1.29, 1.82) is 5.26 Å². The highest BCUT2D eigenvalue weighted by atomic mass is 79.9. The molecule has 0 spiro atoms. The normalized spacial score (nSPS) is 9.78. The van der Waals surface area contributed by atoms with Gasteiger partial charge in [-0.2, -0.15) is 5.26 Å². The fourth-order valence-electron chi connectivity index (χ4n) is 1.37. The van der Waals surface area contributed by atoms with E-state index in [1.165, 1.54) is 0 Å². The average Bonchev–Trinajstić information content (AvgIpc) is 2.36. The molecule has 18 heavy (non-hydrogen) atoms. The van der Waals surface area contributed by atoms with Crippen LogP contribution >= 0.6 is 15.9 Å². The van der Waals surface area contributed by atoms with Gasteiger partial charge in [0.1, 0.15) is 5.75 Å². The number of nitrogen functional groups attached to an aromatic ring is 1. The maximum Gasteiger partial charge on any atom is 0.321 e. The second-order valence-electron chi connectivity index (χ2n) is 3.49. The predicted octanol–water partition coefficient (Wildman–Crippen LogP) is 2.68. The molecule has 0 aliphatic carbocycles. The third kappa shape index (κ3) is 2.96. The van der Waals surface area contributed by atoms with Gasteiger partial charge < -0.3 is 10.5 Å². The number of nitrogens with two attached hydrogens (primary N) is 1. The molecular weight excluding hydrogens is 296 g/mol. The van der Waals surface area contributed by atoms with Crippen molar-refractivity contribution in [2.45, 2.75) is 6.42 Å². The van der Waals surface area contributed by atoms with E-state index >= 15 is 0 Å². The van der Waals surface area contributed by atoms with Gasteiger partial charge in [-0.25, -0.2) is 9.97 Å². The second-order valence-corrected chi connectivity index (χ2v) is 4.40. The van der Waals surface area contributed by atoms with Crippen molar-refractivity contribution in [3.63, 3.8) is 0 Å². The third-order valence-corrected chi connectivity index (χ3v) is 2.56. The smallest absolute Gasteiger partial charge is 0.321 e. The molecule has 90 valence electrons. The number of anilines is 1. The molecule has 2 N–H and O–H groups in total. The lowest BCUT2D eigenvalue weighted by atomic mass is 10.1. The molecule has 0 radical (unpaired) electrons. The molecule has 0 bridgehead atoms. The Balaban J connectivity index is 2.28. The van der Waals surface area contributed by atoms with E-state index in [1.54, 1.807) is 30.6 Å². The van der Waals surface area contributed by atoms with E-state index in [4.69, 9.17) is 15.7 Å². The molecule has 1 aromatic heterocycles. The molecule has 0 aliphatic heterocycles. The van der Waals surface area contributed by atoms with E-state index in [-0.39, 0.29) is 12.4 Å². The summed E-state index contributed by atoms with van der Waals surface area (Å²) in [6.07, 6.45) is 3.39. The SMILES string of the molecule is N#CCc1cc(N)ccc1Oc1ncc(Br)cn1. The van der Waals surface area contributed by atoms with E-state index < -0.39 is 0 Å². The van der Waals surface area contributed by atoms with Crippen molar-refractivity contribution in [2.24, 2.45) is 0 Å². The van der Waals surface area contributed by atoms with E-state index in [0.717, 1.165) is 4.47 Å². The molecule has 0 atom stereocenters. The first kappa shape index (κ1) is 12.3. The minimum Gasteiger partial charge on any atom is -0.424 e. The molecule has 0 amide bonds. The number of benzene rings is 1. The van der Waals surface area contributed by atoms with Crippen molar-refractivity contribution in [2.75, 3.05) is 5.73 Å². The Labute approximate surface area is 112 Å². The molecule has 2 rings (SSSR count). The van der Waals surface area contributed by atoms with Gasteiger partial charge in [0.15, 0.2) is 0 Å². The lowest BCUT2D eigenvalue weighted by molar-refractivity contribution is 0.437. The van der Waals surface area contributed by atoms with Crippen LogP contribution in [0.4, 0.5) is 5.69 Å². The van der Waals surface area contributed by atoms with E-state index in [2.05, 4.69) is 32.0 Å². The van der Waals surface area contributed by atoms with E-state index in [9.17, 15) is 0 Å². The molecule has 6 heteroatoms. The second kappa shape index (κ2) is 5.47. The first-order chi connectivity index (χ1) is 8.69. The molecule has 5 nitrogen and oxygen atoms in total. The highest BCUT2D eigenvalue weighted by Crippen LogP contribution is 2.25. The Hall–Kier alpha value is -2.13. The van der Waals surface area contributed by atoms with E-state index in [1.807, 2.05) is 0 Å². The van der Waals surface area contributed by atoms with Crippen molar-refractivity contribution in [1.82, 2.24) is 9.97 Å². The molecule has 1 aromatic carbocycles. The van der Waals surface area contributed by atoms with Crippen LogP contribution in [-0.2, 0) is 6.42 Å². The van der Waals surface area contributed by atoms with Gasteiger partial charge in [0.2, 0.25) is 0 Å². The Morgan fingerprint density at radius 1 is 1.33 bits per heavy atom. The van der Waals surface area contributed by atoms with Crippen LogP contribution in [0.3, 0.4) is 0 Å². The van der Waals surface area contributed by atoms with Gasteiger partial charge >= 0.3 is 6.01 Å². The summed E-state index contributed by atoms with van der Waals surface area (Å²) in [5, 5.41) is 8.75. The third-order valence-electron chi connectivity index (χ3n) is 2.15. The topological polar surface area (TPSA) is 84.8 Å². The molecule has 0 saturated heterocycles. The van der Waals surface area contributed by atoms with Crippen LogP contribution < -0.4 is 10.5 Å². The zero-order chi connectivity index (χ0) is 13.0. The molecule has 0 aliphatic rings. The standard InChI is InChI=1S/C12H9BrN4O/c13-9-6-16-12(17-7-9)18-11-2-1-10(15)5-8(11)3-4-14/h1-2,5-7H,3,15H2. The minimum absolute atomic E-state index is 0.219. The summed E-state index contributed by atoms with van der Waals surface area (Å²) in [5.74, 6) is 0.535. The number of ether oxygens (including phenoxy) is 1. The quantitative estimate of drug-likeness (QED) is 0.881. The molecular formula is C12H9BrN4O. The van der Waals surface area contributed by atoms with Crippen LogP contribution in [0, 0.1) is 11.3 Å². The van der Waals surface area contributed by atoms with Crippen LogP contribution in [0.25, 0.3) is 0 Å². The molecule has 0 unspecified atom stereocenters. The van der Waals surface area contributed by atoms with Crippen molar-refractivity contribution >= 4 is 21.6 Å². The summed E-state index contributed by atoms with van der Waals surface area (Å²) in [5.41, 5.74) is 6.97. The summed E-state index contributed by atoms with van der Waals surface area (Å²) in [6.45, 7) is 0. The van der Waals surface area contributed by atoms with Gasteiger partial charge in [-0.1, -0.05) is 0 Å². The van der Waals surface area contributed by atoms with Gasteiger partial charge in [-0.3, -0.25) is 0 Å². The molecule has 1 heterocycles. The van der Waals surface area contributed by atoms with E-state index in [0.29, 0.717) is 17.0 Å². The van der Waals surface area contributed by atoms with Gasteiger partial charge in [0.05, 0.1) is 17.0 Å². The summed E-state index contributed by atoms with van der Waals surface area (Å²) in [6, 6.07) is 7.40. The highest BCUT2D eigenvalue weighted by molar-refractivity contribution is 9.10. The Bertz CT molecular complexity index is 592. The number of nitrogens with zero attached hydrogens (tertiary/aromatic N) is 3. The molecule has 2 aromatic rings. The Kier molecular flexibility index (Phi) is 3.75. The first-order valence-electron chi connectivity index (χ1n) is 5.10. The van der Waals surface area contributed by atoms with Crippen molar-refractivity contribution < 1.29 is 4.74 Å². The first-order valence-corrected chi connectivity index (χ1v) is 5.89. The number of hydrogen-bond donors (Lipinski definition) is 1. The minimum atomic E-state index is 0.219. The van der Waals surface area contributed by atoms with Crippen molar-refractivity contribution in [3.05, 3.63) is 40.6 Å². The van der Waals surface area contributed by atoms with Crippen molar-refractivity contribution in [3.8, 4) is 17.8 Å². The fraction of sp³-hybridized carbons (Fsp3) is 0.0833. The number of aromatic nitrogens is 2. The highest BCUT2D eigenvalue weighted by Gasteiger charge is 2.07. The van der Waals surface area contributed by atoms with Crippen LogP contribution in [-0.4, -0.2) is 9.97 Å². The van der Waals surface area contributed by atoms with Crippen LogP contribution in [0.2, 0.25) is 0 Å². The largest absolute Gasteiger partial charge is 0.424 e. The summed E-state index contributed by atoms with van der Waals surface area (Å²) >= 11 is 3.24. The van der Waals surface area contributed by atoms with Gasteiger partial charge in [-0.05, 0) is 34.1 Å². The lowest BCUT2D eigenvalue weighted by Crippen LogP contribution is -1.96. The number of rotatable bonds is 3. The molecule has 0 fully saturated rings. The Morgan fingerprint density at radius 2 is 2.06 bits per heavy atom. The van der Waals surface area contributed by atoms with Crippen LogP contribution in [0.15, 0.2) is 35.1 Å². The number of halogens is 1. The van der Waals surface area contributed by atoms with Gasteiger partial charge in [0, 0.05) is 23.6 Å². The number of hydrogen-bond acceptors (Lipinski definition) is 5. The number of nitriles is 1. The molecule has 0 saturated carbocycles. The van der Waals surface area contributed by atoms with Crippen LogP contribution in [0.1, 0.15) is 5.56 Å². The maximum absolute atomic E-state index is 8.75. The Morgan fingerprint density at radius 3 is 2.72 bits per heavy atom. The fourth-order valence-corrected chi connectivity index (χ4v) is 1.58. The van der Waals surface area contributed by atoms with Gasteiger partial charge in [-0.15, -0.1) is 0 Å².